The Bertz CT molecular complexity index is 462. The largest absolute Gasteiger partial charge is 0.332 e. The lowest BCUT2D eigenvalue weighted by Crippen LogP contribution is -1.91. The lowest BCUT2D eigenvalue weighted by molar-refractivity contribution is 0.925. The molecule has 0 aliphatic rings. The van der Waals surface area contributed by atoms with Gasteiger partial charge in [-0.2, -0.15) is 0 Å². The second-order valence-corrected chi connectivity index (χ2v) is 4.28. The third-order valence-electron chi connectivity index (χ3n) is 2.21. The Hall–Kier alpha value is -0.800. The van der Waals surface area contributed by atoms with Crippen molar-refractivity contribution in [2.24, 2.45) is 7.05 Å². The van der Waals surface area contributed by atoms with Crippen molar-refractivity contribution < 1.29 is 0 Å². The molecule has 0 aliphatic heterocycles. The molecule has 15 heavy (non-hydrogen) atoms. The fraction of sp³-hybridized carbons (Fsp3) is 0.182. The van der Waals surface area contributed by atoms with Gasteiger partial charge in [-0.3, -0.25) is 0 Å². The molecule has 2 nitrogen and oxygen atoms in total. The molecule has 0 spiro atoms. The zero-order valence-electron chi connectivity index (χ0n) is 8.24. The number of hydrogen-bond acceptors (Lipinski definition) is 1. The van der Waals surface area contributed by atoms with E-state index in [4.69, 9.17) is 11.6 Å². The summed E-state index contributed by atoms with van der Waals surface area (Å²) in [5.74, 6) is 0.890. The van der Waals surface area contributed by atoms with Crippen LogP contribution in [0.15, 0.2) is 30.5 Å². The topological polar surface area (TPSA) is 17.8 Å². The van der Waals surface area contributed by atoms with Crippen LogP contribution < -0.4 is 0 Å². The van der Waals surface area contributed by atoms with Gasteiger partial charge < -0.3 is 4.57 Å². The highest BCUT2D eigenvalue weighted by Gasteiger charge is 2.05. The van der Waals surface area contributed by atoms with Gasteiger partial charge >= 0.3 is 0 Å². The minimum Gasteiger partial charge on any atom is -0.332 e. The van der Waals surface area contributed by atoms with Crippen LogP contribution in [0, 0.1) is 0 Å². The molecule has 0 atom stereocenters. The van der Waals surface area contributed by atoms with E-state index in [2.05, 4.69) is 45.2 Å². The zero-order chi connectivity index (χ0) is 10.8. The number of hydrogen-bond donors (Lipinski definition) is 0. The first kappa shape index (κ1) is 10.7. The summed E-state index contributed by atoms with van der Waals surface area (Å²) in [4.78, 5) is 4.25. The molecule has 0 fully saturated rings. The minimum atomic E-state index is 0.525. The number of imidazole rings is 1. The van der Waals surface area contributed by atoms with Gasteiger partial charge in [0.1, 0.15) is 11.0 Å². The Morgan fingerprint density at radius 2 is 2.00 bits per heavy atom. The van der Waals surface area contributed by atoms with Crippen LogP contribution in [0.1, 0.15) is 5.56 Å². The third-order valence-corrected chi connectivity index (χ3v) is 3.04. The third kappa shape index (κ3) is 2.24. The number of rotatable bonds is 2. The summed E-state index contributed by atoms with van der Waals surface area (Å²) < 4.78 is 1.92. The SMILES string of the molecule is Cn1cc(Cl)nc1-c1ccc(CBr)cc1. The molecule has 1 aromatic carbocycles. The normalized spacial score (nSPS) is 10.6. The molecule has 2 rings (SSSR count). The van der Waals surface area contributed by atoms with Crippen LogP contribution in [-0.2, 0) is 12.4 Å². The maximum Gasteiger partial charge on any atom is 0.147 e. The Morgan fingerprint density at radius 3 is 2.47 bits per heavy atom. The Balaban J connectivity index is 2.41. The number of benzene rings is 1. The van der Waals surface area contributed by atoms with Crippen LogP contribution >= 0.6 is 27.5 Å². The Kier molecular flexibility index (Phi) is 3.12. The van der Waals surface area contributed by atoms with Crippen LogP contribution in [0.25, 0.3) is 11.4 Å². The van der Waals surface area contributed by atoms with Gasteiger partial charge in [0, 0.05) is 24.1 Å². The van der Waals surface area contributed by atoms with Crippen molar-refractivity contribution in [1.82, 2.24) is 9.55 Å². The maximum atomic E-state index is 5.83. The van der Waals surface area contributed by atoms with Crippen LogP contribution in [0.2, 0.25) is 5.15 Å². The van der Waals surface area contributed by atoms with Crippen LogP contribution in [-0.4, -0.2) is 9.55 Å². The number of halogens is 2. The van der Waals surface area contributed by atoms with E-state index < -0.39 is 0 Å². The van der Waals surface area contributed by atoms with Crippen molar-refractivity contribution in [2.45, 2.75) is 5.33 Å². The van der Waals surface area contributed by atoms with Crippen molar-refractivity contribution >= 4 is 27.5 Å². The lowest BCUT2D eigenvalue weighted by Gasteiger charge is -2.02. The second-order valence-electron chi connectivity index (χ2n) is 3.33. The van der Waals surface area contributed by atoms with Gasteiger partial charge in [-0.25, -0.2) is 4.98 Å². The molecule has 78 valence electrons. The molecule has 0 saturated heterocycles. The first-order valence-electron chi connectivity index (χ1n) is 4.55. The van der Waals surface area contributed by atoms with E-state index in [0.717, 1.165) is 16.7 Å². The van der Waals surface area contributed by atoms with Gasteiger partial charge in [0.15, 0.2) is 0 Å². The molecule has 0 saturated carbocycles. The molecule has 2 aromatic rings. The van der Waals surface area contributed by atoms with Crippen LogP contribution in [0.5, 0.6) is 0 Å². The van der Waals surface area contributed by atoms with Crippen molar-refractivity contribution in [3.8, 4) is 11.4 Å². The van der Waals surface area contributed by atoms with E-state index in [1.165, 1.54) is 5.56 Å². The average Bonchev–Trinajstić information content (AvgIpc) is 2.58. The number of aromatic nitrogens is 2. The molecule has 1 aromatic heterocycles. The quantitative estimate of drug-likeness (QED) is 0.770. The molecule has 0 amide bonds. The van der Waals surface area contributed by atoms with Gasteiger partial charge in [0.25, 0.3) is 0 Å². The molecule has 0 unspecified atom stereocenters. The average molecular weight is 286 g/mol. The van der Waals surface area contributed by atoms with Crippen molar-refractivity contribution in [3.63, 3.8) is 0 Å². The van der Waals surface area contributed by atoms with Crippen LogP contribution in [0.4, 0.5) is 0 Å². The van der Waals surface area contributed by atoms with Gasteiger partial charge in [-0.1, -0.05) is 51.8 Å². The molecule has 0 radical (unpaired) electrons. The number of alkyl halides is 1. The lowest BCUT2D eigenvalue weighted by atomic mass is 10.1. The molecule has 1 heterocycles. The molecular formula is C11H10BrClN2. The predicted octanol–water partition coefficient (Wildman–Crippen LogP) is 3.64. The van der Waals surface area contributed by atoms with E-state index in [-0.39, 0.29) is 0 Å². The van der Waals surface area contributed by atoms with Crippen LogP contribution in [0.3, 0.4) is 0 Å². The highest BCUT2D eigenvalue weighted by molar-refractivity contribution is 9.08. The highest BCUT2D eigenvalue weighted by Crippen LogP contribution is 2.21. The highest BCUT2D eigenvalue weighted by atomic mass is 79.9. The molecular weight excluding hydrogens is 275 g/mol. The first-order valence-corrected chi connectivity index (χ1v) is 6.05. The molecule has 0 aliphatic carbocycles. The smallest absolute Gasteiger partial charge is 0.147 e. The predicted molar refractivity (Wildman–Crippen MR) is 66.3 cm³/mol. The summed E-state index contributed by atoms with van der Waals surface area (Å²) in [6.45, 7) is 0. The standard InChI is InChI=1S/C11H10BrClN2/c1-15-7-10(13)14-11(15)9-4-2-8(6-12)3-5-9/h2-5,7H,6H2,1H3. The van der Waals surface area contributed by atoms with Crippen molar-refractivity contribution in [3.05, 3.63) is 41.2 Å². The summed E-state index contributed by atoms with van der Waals surface area (Å²) in [6.07, 6.45) is 1.80. The summed E-state index contributed by atoms with van der Waals surface area (Å²) in [6, 6.07) is 8.25. The second kappa shape index (κ2) is 4.37. The van der Waals surface area contributed by atoms with Gasteiger partial charge in [-0.05, 0) is 5.56 Å². The van der Waals surface area contributed by atoms with E-state index in [1.54, 1.807) is 6.20 Å². The summed E-state index contributed by atoms with van der Waals surface area (Å²) in [5.41, 5.74) is 2.33. The fourth-order valence-electron chi connectivity index (χ4n) is 1.44. The number of nitrogens with zero attached hydrogens (tertiary/aromatic N) is 2. The summed E-state index contributed by atoms with van der Waals surface area (Å²) in [5, 5.41) is 1.39. The van der Waals surface area contributed by atoms with Gasteiger partial charge in [-0.15, -0.1) is 0 Å². The minimum absolute atomic E-state index is 0.525. The Labute approximate surface area is 102 Å². The summed E-state index contributed by atoms with van der Waals surface area (Å²) >= 11 is 9.25. The van der Waals surface area contributed by atoms with E-state index in [1.807, 2.05) is 11.6 Å². The molecule has 0 bridgehead atoms. The first-order chi connectivity index (χ1) is 7.20. The van der Waals surface area contributed by atoms with Crippen molar-refractivity contribution in [1.29, 1.82) is 0 Å². The molecule has 4 heteroatoms. The molecule has 0 N–H and O–H groups in total. The van der Waals surface area contributed by atoms with Gasteiger partial charge in [0.2, 0.25) is 0 Å². The zero-order valence-corrected chi connectivity index (χ0v) is 10.6. The Morgan fingerprint density at radius 1 is 1.33 bits per heavy atom. The monoisotopic (exact) mass is 284 g/mol. The van der Waals surface area contributed by atoms with E-state index in [9.17, 15) is 0 Å². The van der Waals surface area contributed by atoms with E-state index >= 15 is 0 Å². The summed E-state index contributed by atoms with van der Waals surface area (Å²) in [7, 11) is 1.94. The van der Waals surface area contributed by atoms with Crippen molar-refractivity contribution in [2.75, 3.05) is 0 Å². The maximum absolute atomic E-state index is 5.83. The number of aryl methyl sites for hydroxylation is 1. The van der Waals surface area contributed by atoms with E-state index in [0.29, 0.717) is 5.15 Å². The fourth-order valence-corrected chi connectivity index (χ4v) is 2.04. The van der Waals surface area contributed by atoms with Gasteiger partial charge in [0.05, 0.1) is 0 Å².